The molecule has 24 heavy (non-hydrogen) atoms. The molecule has 0 saturated carbocycles. The molecule has 0 fully saturated rings. The normalized spacial score (nSPS) is 12.5. The van der Waals surface area contributed by atoms with Gasteiger partial charge in [0.05, 0.1) is 0 Å². The average Bonchev–Trinajstić information content (AvgIpc) is 3.25. The Balaban J connectivity index is 1.33. The molecule has 0 spiro atoms. The van der Waals surface area contributed by atoms with Crippen LogP contribution in [0.1, 0.15) is 29.2 Å². The van der Waals surface area contributed by atoms with Crippen molar-refractivity contribution in [3.63, 3.8) is 0 Å². The fraction of sp³-hybridized carbons (Fsp3) is 0.211. The van der Waals surface area contributed by atoms with Crippen LogP contribution in [-0.2, 0) is 12.8 Å². The summed E-state index contributed by atoms with van der Waals surface area (Å²) in [6.07, 6.45) is 4.69. The summed E-state index contributed by atoms with van der Waals surface area (Å²) in [4.78, 5) is 4.54. The van der Waals surface area contributed by atoms with Crippen LogP contribution in [0.2, 0.25) is 0 Å². The first-order valence-electron chi connectivity index (χ1n) is 8.04. The van der Waals surface area contributed by atoms with Crippen LogP contribution in [0.3, 0.4) is 0 Å². The van der Waals surface area contributed by atoms with E-state index in [-0.39, 0.29) is 0 Å². The minimum atomic E-state index is 0.292. The zero-order chi connectivity index (χ0) is 16.2. The monoisotopic (exact) mass is 320 g/mol. The first-order chi connectivity index (χ1) is 11.9. The van der Waals surface area contributed by atoms with Crippen LogP contribution in [0.25, 0.3) is 0 Å². The van der Waals surface area contributed by atoms with Crippen LogP contribution in [0.4, 0.5) is 0 Å². The highest BCUT2D eigenvalue weighted by Crippen LogP contribution is 2.32. The number of hydrogen-bond acceptors (Lipinski definition) is 4. The number of rotatable bonds is 6. The largest absolute Gasteiger partial charge is 0.454 e. The third-order valence-corrected chi connectivity index (χ3v) is 3.96. The van der Waals surface area contributed by atoms with Crippen LogP contribution in [0, 0.1) is 6.42 Å². The van der Waals surface area contributed by atoms with Crippen molar-refractivity contribution in [1.82, 2.24) is 15.2 Å². The number of hydrogen-bond donors (Lipinski definition) is 1. The Morgan fingerprint density at radius 2 is 1.88 bits per heavy atom. The summed E-state index contributed by atoms with van der Waals surface area (Å²) in [6, 6.07) is 16.4. The third kappa shape index (κ3) is 3.40. The number of aromatic amines is 1. The molecule has 121 valence electrons. The Bertz CT molecular complexity index is 814. The number of H-pyrrole nitrogens is 1. The second-order valence-electron chi connectivity index (χ2n) is 5.73. The molecule has 0 atom stereocenters. The summed E-state index contributed by atoms with van der Waals surface area (Å²) in [5.74, 6) is 3.18. The third-order valence-electron chi connectivity index (χ3n) is 3.96. The molecule has 1 radical (unpaired) electrons. The lowest BCUT2D eigenvalue weighted by Gasteiger charge is -2.00. The predicted molar refractivity (Wildman–Crippen MR) is 89.9 cm³/mol. The lowest BCUT2D eigenvalue weighted by molar-refractivity contribution is 0.174. The zero-order valence-corrected chi connectivity index (χ0v) is 13.2. The van der Waals surface area contributed by atoms with E-state index in [0.29, 0.717) is 13.2 Å². The molecule has 5 heteroatoms. The van der Waals surface area contributed by atoms with E-state index in [2.05, 4.69) is 45.9 Å². The van der Waals surface area contributed by atoms with Gasteiger partial charge in [0.25, 0.3) is 0 Å². The molecule has 0 aliphatic carbocycles. The molecule has 3 aromatic rings. The topological polar surface area (TPSA) is 60.0 Å². The Morgan fingerprint density at radius 3 is 2.79 bits per heavy atom. The summed E-state index contributed by atoms with van der Waals surface area (Å²) in [6.45, 7) is 0.292. The van der Waals surface area contributed by atoms with E-state index in [0.717, 1.165) is 41.6 Å². The number of ether oxygens (including phenoxy) is 2. The Labute approximate surface area is 140 Å². The van der Waals surface area contributed by atoms with Gasteiger partial charge in [-0.05, 0) is 36.1 Å². The van der Waals surface area contributed by atoms with Crippen molar-refractivity contribution in [2.45, 2.75) is 19.3 Å². The summed E-state index contributed by atoms with van der Waals surface area (Å²) in [5, 5.41) is 7.28. The van der Waals surface area contributed by atoms with Gasteiger partial charge >= 0.3 is 0 Å². The molecule has 1 aliphatic rings. The fourth-order valence-corrected chi connectivity index (χ4v) is 2.73. The van der Waals surface area contributed by atoms with Crippen LogP contribution in [-0.4, -0.2) is 22.0 Å². The molecule has 0 saturated heterocycles. The van der Waals surface area contributed by atoms with E-state index < -0.39 is 0 Å². The van der Waals surface area contributed by atoms with Crippen LogP contribution in [0.5, 0.6) is 11.5 Å². The molecule has 0 amide bonds. The summed E-state index contributed by atoms with van der Waals surface area (Å²) < 4.78 is 10.7. The van der Waals surface area contributed by atoms with E-state index in [1.807, 2.05) is 24.3 Å². The van der Waals surface area contributed by atoms with Gasteiger partial charge in [0.1, 0.15) is 5.82 Å². The summed E-state index contributed by atoms with van der Waals surface area (Å²) in [7, 11) is 0. The van der Waals surface area contributed by atoms with Gasteiger partial charge in [-0.25, -0.2) is 4.98 Å². The maximum atomic E-state index is 5.40. The van der Waals surface area contributed by atoms with E-state index in [4.69, 9.17) is 9.47 Å². The van der Waals surface area contributed by atoms with E-state index in [9.17, 15) is 0 Å². The molecule has 1 aromatic heterocycles. The number of aromatic nitrogens is 3. The lowest BCUT2D eigenvalue weighted by atomic mass is 10.1. The van der Waals surface area contributed by atoms with Gasteiger partial charge in [-0.3, -0.25) is 5.10 Å². The van der Waals surface area contributed by atoms with Crippen LogP contribution in [0.15, 0.2) is 48.5 Å². The van der Waals surface area contributed by atoms with Crippen molar-refractivity contribution in [3.8, 4) is 11.5 Å². The average molecular weight is 320 g/mol. The molecule has 2 aromatic carbocycles. The van der Waals surface area contributed by atoms with Gasteiger partial charge in [-0.2, -0.15) is 5.10 Å². The minimum Gasteiger partial charge on any atom is -0.454 e. The van der Waals surface area contributed by atoms with Crippen molar-refractivity contribution >= 4 is 0 Å². The van der Waals surface area contributed by atoms with Crippen molar-refractivity contribution in [2.24, 2.45) is 0 Å². The van der Waals surface area contributed by atoms with E-state index in [1.165, 1.54) is 5.56 Å². The Morgan fingerprint density at radius 1 is 1.00 bits per heavy atom. The van der Waals surface area contributed by atoms with Gasteiger partial charge in [-0.15, -0.1) is 0 Å². The molecular weight excluding hydrogens is 302 g/mol. The maximum Gasteiger partial charge on any atom is 0.231 e. The quantitative estimate of drug-likeness (QED) is 0.757. The molecule has 4 rings (SSSR count). The van der Waals surface area contributed by atoms with Crippen molar-refractivity contribution in [3.05, 3.63) is 77.7 Å². The fourth-order valence-electron chi connectivity index (χ4n) is 2.73. The minimum absolute atomic E-state index is 0.292. The van der Waals surface area contributed by atoms with Gasteiger partial charge in [-0.1, -0.05) is 36.4 Å². The van der Waals surface area contributed by atoms with Crippen molar-refractivity contribution < 1.29 is 9.47 Å². The number of benzene rings is 2. The van der Waals surface area contributed by atoms with Crippen molar-refractivity contribution in [2.75, 3.05) is 6.79 Å². The Kier molecular flexibility index (Phi) is 4.14. The predicted octanol–water partition coefficient (Wildman–Crippen LogP) is 3.31. The lowest BCUT2D eigenvalue weighted by Crippen LogP contribution is -1.93. The van der Waals surface area contributed by atoms with Crippen LogP contribution < -0.4 is 9.47 Å². The standard InChI is InChI=1S/C19H18N3O2/c1-2-5-14(6-3-1)7-4-8-18-20-19(22-21-18)12-15-9-10-16-17(11-15)24-13-23-16/h1-3,5-6,8-11H,4,7,12-13H2,(H,20,21,22). The van der Waals surface area contributed by atoms with Gasteiger partial charge < -0.3 is 9.47 Å². The van der Waals surface area contributed by atoms with Crippen LogP contribution >= 0.6 is 0 Å². The first-order valence-corrected chi connectivity index (χ1v) is 8.04. The Hall–Kier alpha value is -2.82. The molecule has 5 nitrogen and oxygen atoms in total. The highest BCUT2D eigenvalue weighted by molar-refractivity contribution is 5.45. The number of fused-ring (bicyclic) bond motifs is 1. The van der Waals surface area contributed by atoms with Crippen molar-refractivity contribution in [1.29, 1.82) is 0 Å². The van der Waals surface area contributed by atoms with E-state index >= 15 is 0 Å². The second kappa shape index (κ2) is 6.74. The molecule has 2 heterocycles. The SMILES string of the molecule is [CH](CCc1ccccc1)c1nc(Cc2ccc3c(c2)OCO3)n[nH]1. The highest BCUT2D eigenvalue weighted by Gasteiger charge is 2.14. The summed E-state index contributed by atoms with van der Waals surface area (Å²) in [5.41, 5.74) is 2.43. The molecule has 1 N–H and O–H groups in total. The maximum absolute atomic E-state index is 5.40. The number of aryl methyl sites for hydroxylation is 1. The number of nitrogens with zero attached hydrogens (tertiary/aromatic N) is 2. The van der Waals surface area contributed by atoms with E-state index in [1.54, 1.807) is 0 Å². The molecule has 1 aliphatic heterocycles. The highest BCUT2D eigenvalue weighted by atomic mass is 16.7. The van der Waals surface area contributed by atoms with Gasteiger partial charge in [0.2, 0.25) is 6.79 Å². The summed E-state index contributed by atoms with van der Waals surface area (Å²) >= 11 is 0. The molecular formula is C19H18N3O2. The molecule has 0 bridgehead atoms. The smallest absolute Gasteiger partial charge is 0.231 e. The zero-order valence-electron chi connectivity index (χ0n) is 13.2. The first kappa shape index (κ1) is 14.8. The molecule has 0 unspecified atom stereocenters. The second-order valence-corrected chi connectivity index (χ2v) is 5.73. The number of nitrogens with one attached hydrogen (secondary N) is 1. The van der Waals surface area contributed by atoms with Gasteiger partial charge in [0.15, 0.2) is 17.3 Å². The van der Waals surface area contributed by atoms with Gasteiger partial charge in [0, 0.05) is 12.8 Å².